The number of amides is 1. The smallest absolute Gasteiger partial charge is 0.483 e. The number of para-hydroxylation sites is 1. The third-order valence-corrected chi connectivity index (χ3v) is 4.57. The Bertz CT molecular complexity index is 847. The molecule has 1 aliphatic carbocycles. The molecule has 0 unspecified atom stereocenters. The number of carbonyl (C=O) groups excluding carboxylic acids is 1. The summed E-state index contributed by atoms with van der Waals surface area (Å²) in [4.78, 5) is 10.6. The fraction of sp³-hybridized carbons (Fsp3) is 0.273. The Labute approximate surface area is 178 Å². The molecule has 0 saturated carbocycles. The van der Waals surface area contributed by atoms with Crippen LogP contribution in [-0.4, -0.2) is 5.91 Å². The van der Waals surface area contributed by atoms with Crippen molar-refractivity contribution >= 4 is 27.8 Å². The zero-order chi connectivity index (χ0) is 17.6. The number of hydrogen-bond donors (Lipinski definition) is 1. The average Bonchev–Trinajstić information content (AvgIpc) is 3.27. The van der Waals surface area contributed by atoms with Crippen molar-refractivity contribution in [2.45, 2.75) is 32.1 Å². The number of allylic oxidation sites excluding steroid dienone is 2. The van der Waals surface area contributed by atoms with E-state index in [-0.39, 0.29) is 42.9 Å². The van der Waals surface area contributed by atoms with Gasteiger partial charge in [-0.25, -0.2) is 0 Å². The van der Waals surface area contributed by atoms with Crippen molar-refractivity contribution in [3.8, 4) is 0 Å². The van der Waals surface area contributed by atoms with Gasteiger partial charge in [-0.2, -0.15) is 18.2 Å². The number of furan rings is 1. The minimum Gasteiger partial charge on any atom is -0.483 e. The molecule has 0 radical (unpaired) electrons. The third kappa shape index (κ3) is 5.25. The SMILES string of the molecule is [CH2-][C@@H](CCC1=CCCC1)C(N)=O.[U+2].[c-]1ccc2oc3ccccc3c2c1. The van der Waals surface area contributed by atoms with E-state index in [4.69, 9.17) is 10.2 Å². The molecule has 0 bridgehead atoms. The van der Waals surface area contributed by atoms with Gasteiger partial charge in [-0.05, 0) is 37.1 Å². The van der Waals surface area contributed by atoms with Crippen LogP contribution in [0.15, 0.2) is 58.5 Å². The predicted molar refractivity (Wildman–Crippen MR) is 102 cm³/mol. The van der Waals surface area contributed by atoms with Crippen LogP contribution in [0.5, 0.6) is 0 Å². The zero-order valence-electron chi connectivity index (χ0n) is 14.8. The fourth-order valence-corrected chi connectivity index (χ4v) is 3.08. The maximum atomic E-state index is 10.6. The van der Waals surface area contributed by atoms with E-state index in [1.807, 2.05) is 36.4 Å². The molecule has 132 valence electrons. The first-order valence-corrected chi connectivity index (χ1v) is 8.73. The molecule has 1 aliphatic rings. The summed E-state index contributed by atoms with van der Waals surface area (Å²) in [5.74, 6) is -0.500. The van der Waals surface area contributed by atoms with Crippen LogP contribution in [0.4, 0.5) is 0 Å². The Balaban J connectivity index is 0.000000181. The molecule has 4 rings (SSSR count). The molecular formula is C22H23NO2U. The summed E-state index contributed by atoms with van der Waals surface area (Å²) in [6, 6.07) is 16.9. The van der Waals surface area contributed by atoms with Crippen molar-refractivity contribution in [2.24, 2.45) is 11.7 Å². The van der Waals surface area contributed by atoms with Crippen LogP contribution >= 0.6 is 0 Å². The molecule has 0 fully saturated rings. The Kier molecular flexibility index (Phi) is 8.00. The minimum atomic E-state index is -0.284. The van der Waals surface area contributed by atoms with E-state index in [9.17, 15) is 4.79 Å². The number of fused-ring (bicyclic) bond motifs is 3. The monoisotopic (exact) mass is 571 g/mol. The van der Waals surface area contributed by atoms with Gasteiger partial charge in [-0.3, -0.25) is 4.79 Å². The van der Waals surface area contributed by atoms with Gasteiger partial charge < -0.3 is 17.1 Å². The summed E-state index contributed by atoms with van der Waals surface area (Å²) in [5, 5.41) is 2.30. The molecule has 0 aliphatic heterocycles. The van der Waals surface area contributed by atoms with Crippen LogP contribution in [0.25, 0.3) is 21.9 Å². The van der Waals surface area contributed by atoms with Gasteiger partial charge in [0.1, 0.15) is 5.58 Å². The fourth-order valence-electron chi connectivity index (χ4n) is 3.08. The Hall–Kier alpha value is -1.50. The minimum absolute atomic E-state index is 0. The number of primary amides is 1. The van der Waals surface area contributed by atoms with E-state index in [1.54, 1.807) is 0 Å². The summed E-state index contributed by atoms with van der Waals surface area (Å²) < 4.78 is 5.63. The molecule has 1 atom stereocenters. The van der Waals surface area contributed by atoms with Crippen molar-refractivity contribution in [3.05, 3.63) is 67.1 Å². The summed E-state index contributed by atoms with van der Waals surface area (Å²) in [5.41, 5.74) is 8.45. The second-order valence-electron chi connectivity index (χ2n) is 6.41. The normalized spacial score (nSPS) is 14.3. The van der Waals surface area contributed by atoms with E-state index in [2.05, 4.69) is 25.1 Å². The van der Waals surface area contributed by atoms with Gasteiger partial charge in [0.2, 0.25) is 0 Å². The van der Waals surface area contributed by atoms with Crippen LogP contribution < -0.4 is 5.73 Å². The van der Waals surface area contributed by atoms with Crippen LogP contribution in [0.2, 0.25) is 0 Å². The first-order chi connectivity index (χ1) is 12.1. The third-order valence-electron chi connectivity index (χ3n) is 4.57. The number of nitrogens with two attached hydrogens (primary N) is 1. The topological polar surface area (TPSA) is 56.2 Å². The molecule has 0 spiro atoms. The van der Waals surface area contributed by atoms with Gasteiger partial charge in [0, 0.05) is 5.58 Å². The molecule has 4 heteroatoms. The standard InChI is InChI=1S/C12H7O.C10H16NO.U/c1-3-7-11-9(5-1)10-6-2-4-8-12(10)13-11;1-8(10(11)12)6-7-9-4-2-3-5-9;/h1,3-8H;4,8H,1-3,5-7H2,(H2,11,12);/q2*-1;+2/t;8-;/m.0./s1. The molecule has 3 nitrogen and oxygen atoms in total. The number of hydrogen-bond acceptors (Lipinski definition) is 2. The molecule has 2 aromatic carbocycles. The van der Waals surface area contributed by atoms with Crippen molar-refractivity contribution in [1.29, 1.82) is 0 Å². The van der Waals surface area contributed by atoms with E-state index in [0.29, 0.717) is 0 Å². The van der Waals surface area contributed by atoms with Gasteiger partial charge in [0.15, 0.2) is 5.91 Å². The molecule has 26 heavy (non-hydrogen) atoms. The average molecular weight is 571 g/mol. The maximum absolute atomic E-state index is 10.6. The number of rotatable bonds is 4. The molecule has 1 aromatic heterocycles. The van der Waals surface area contributed by atoms with Crippen molar-refractivity contribution in [2.75, 3.05) is 0 Å². The Morgan fingerprint density at radius 1 is 1.23 bits per heavy atom. The van der Waals surface area contributed by atoms with E-state index >= 15 is 0 Å². The molecule has 2 N–H and O–H groups in total. The van der Waals surface area contributed by atoms with E-state index in [0.717, 1.165) is 34.8 Å². The predicted octanol–water partition coefficient (Wildman–Crippen LogP) is 5.20. The van der Waals surface area contributed by atoms with Crippen LogP contribution in [0, 0.1) is 50.0 Å². The van der Waals surface area contributed by atoms with Gasteiger partial charge in [-0.1, -0.05) is 47.6 Å². The first kappa shape index (κ1) is 20.8. The van der Waals surface area contributed by atoms with Crippen LogP contribution in [0.3, 0.4) is 0 Å². The Morgan fingerprint density at radius 3 is 2.73 bits per heavy atom. The van der Waals surface area contributed by atoms with Crippen molar-refractivity contribution in [1.82, 2.24) is 0 Å². The first-order valence-electron chi connectivity index (χ1n) is 8.73. The quantitative estimate of drug-likeness (QED) is 0.346. The molecule has 1 amide bonds. The van der Waals surface area contributed by atoms with E-state index < -0.39 is 0 Å². The summed E-state index contributed by atoms with van der Waals surface area (Å²) in [6.07, 6.45) is 7.75. The van der Waals surface area contributed by atoms with Gasteiger partial charge in [0.25, 0.3) is 0 Å². The van der Waals surface area contributed by atoms with Gasteiger partial charge >= 0.3 is 31.1 Å². The van der Waals surface area contributed by atoms with Crippen molar-refractivity contribution in [3.63, 3.8) is 0 Å². The number of benzene rings is 2. The molecule has 3 aromatic rings. The number of carbonyl (C=O) groups is 1. The molecule has 0 saturated heterocycles. The summed E-state index contributed by atoms with van der Waals surface area (Å²) >= 11 is 0. The van der Waals surface area contributed by atoms with Crippen LogP contribution in [0.1, 0.15) is 32.1 Å². The van der Waals surface area contributed by atoms with E-state index in [1.165, 1.54) is 24.8 Å². The second-order valence-corrected chi connectivity index (χ2v) is 6.41. The molecule has 1 heterocycles. The zero-order valence-corrected chi connectivity index (χ0v) is 19.0. The maximum Gasteiger partial charge on any atom is 2.00 e. The Morgan fingerprint density at radius 2 is 2.00 bits per heavy atom. The van der Waals surface area contributed by atoms with Gasteiger partial charge in [-0.15, -0.1) is 6.07 Å². The summed E-state index contributed by atoms with van der Waals surface area (Å²) in [6.45, 7) is 3.70. The largest absolute Gasteiger partial charge is 2.00 e. The molecular weight excluding hydrogens is 548 g/mol. The van der Waals surface area contributed by atoms with Crippen LogP contribution in [-0.2, 0) is 4.79 Å². The van der Waals surface area contributed by atoms with Crippen molar-refractivity contribution < 1.29 is 40.3 Å². The summed E-state index contributed by atoms with van der Waals surface area (Å²) in [7, 11) is 0. The van der Waals surface area contributed by atoms with Gasteiger partial charge in [0.05, 0.1) is 0 Å². The second kappa shape index (κ2) is 10.00.